The van der Waals surface area contributed by atoms with Gasteiger partial charge in [0, 0.05) is 43.4 Å². The second-order valence-corrected chi connectivity index (χ2v) is 23.3. The molecule has 428 valence electrons. The van der Waals surface area contributed by atoms with E-state index in [2.05, 4.69) is 298 Å². The summed E-state index contributed by atoms with van der Waals surface area (Å²) in [5.41, 5.74) is 8.31. The van der Waals surface area contributed by atoms with Crippen LogP contribution < -0.4 is 15.1 Å². The minimum absolute atomic E-state index is 0. The molecular weight excluding hydrogens is 1200 g/mol. The fourth-order valence-corrected chi connectivity index (χ4v) is 13.7. The first kappa shape index (κ1) is 59.0. The molecule has 17 rings (SSSR count). The highest BCUT2D eigenvalue weighted by Gasteiger charge is 2.26. The molecule has 0 amide bonds. The largest absolute Gasteiger partial charge is 0.355 e. The summed E-state index contributed by atoms with van der Waals surface area (Å²) in [4.78, 5) is 4.65. The van der Waals surface area contributed by atoms with E-state index in [1.807, 2.05) is 18.2 Å². The third kappa shape index (κ3) is 10.4. The molecule has 0 fully saturated rings. The summed E-state index contributed by atoms with van der Waals surface area (Å²) in [7, 11) is 0. The molecule has 17 aromatic rings. The molecule has 0 saturated carbocycles. The summed E-state index contributed by atoms with van der Waals surface area (Å²) in [6.45, 7) is 0. The van der Waals surface area contributed by atoms with Gasteiger partial charge in [0.15, 0.2) is 0 Å². The van der Waals surface area contributed by atoms with Crippen LogP contribution in [0, 0.1) is 0 Å². The molecule has 0 saturated heterocycles. The summed E-state index contributed by atoms with van der Waals surface area (Å²) in [6.07, 6.45) is 0. The molecule has 3 nitrogen and oxygen atoms in total. The van der Waals surface area contributed by atoms with E-state index in [1.54, 1.807) is 6.07 Å². The molecule has 0 aliphatic heterocycles. The van der Waals surface area contributed by atoms with E-state index in [-0.39, 0.29) is 22.3 Å². The topological polar surface area (TPSA) is 18.5 Å². The maximum atomic E-state index is 7.82. The zero-order valence-corrected chi connectivity index (χ0v) is 49.5. The van der Waals surface area contributed by atoms with Crippen LogP contribution in [-0.4, -0.2) is 0 Å². The zero-order chi connectivity index (χ0) is 57.1. The minimum atomic E-state index is 0. The fourth-order valence-electron chi connectivity index (χ4n) is 12.7. The van der Waals surface area contributed by atoms with Crippen molar-refractivity contribution in [3.63, 3.8) is 0 Å². The smallest absolute Gasteiger partial charge is 0.0887 e. The zero-order valence-electron chi connectivity index (χ0n) is 45.6. The average Bonchev–Trinajstić information content (AvgIpc) is 0.875. The molecule has 1 N–H and O–H groups in total. The average molecular weight is 1260 g/mol. The summed E-state index contributed by atoms with van der Waals surface area (Å²) in [6, 6.07) is 103. The first-order valence-corrected chi connectivity index (χ1v) is 30.2. The molecule has 0 aliphatic rings. The lowest BCUT2D eigenvalue weighted by Crippen LogP contribution is -2.15. The van der Waals surface area contributed by atoms with Gasteiger partial charge in [0.2, 0.25) is 0 Å². The lowest BCUT2D eigenvalue weighted by atomic mass is 9.93. The van der Waals surface area contributed by atoms with Crippen molar-refractivity contribution in [3.05, 3.63) is 311 Å². The monoisotopic (exact) mass is 1260 g/mol. The highest BCUT2D eigenvalue weighted by Crippen LogP contribution is 2.51. The third-order valence-electron chi connectivity index (χ3n) is 16.4. The number of hydrogen-bond donors (Lipinski definition) is 1. The van der Waals surface area contributed by atoms with Crippen LogP contribution >= 0.6 is 50.7 Å². The van der Waals surface area contributed by atoms with Crippen LogP contribution in [0.15, 0.2) is 296 Å². The molecule has 0 radical (unpaired) electrons. The SMILES string of the molecule is C.C.C.Clc1c(N(c2ccccc2)c2ccc3ccc4cccc5ccc2c3c45)cccc1N(c1ccccc1)c1ccc2ccc3cccc4ccc1c2c34.Clc1cccc(Br)c1Cl.c1ccc(Nc2ccc3ccc4cccc5ccc2c3c45)cc1. The van der Waals surface area contributed by atoms with Crippen LogP contribution in [-0.2, 0) is 0 Å². The predicted octanol–water partition coefficient (Wildman–Crippen LogP) is 27.1. The van der Waals surface area contributed by atoms with Gasteiger partial charge < -0.3 is 15.1 Å². The maximum Gasteiger partial charge on any atom is 0.0887 e. The van der Waals surface area contributed by atoms with Crippen LogP contribution in [0.5, 0.6) is 0 Å². The summed E-state index contributed by atoms with van der Waals surface area (Å²) >= 11 is 22.4. The van der Waals surface area contributed by atoms with Gasteiger partial charge in [-0.25, -0.2) is 0 Å². The second kappa shape index (κ2) is 24.8. The number of hydrogen-bond acceptors (Lipinski definition) is 3. The molecule has 7 heteroatoms. The first-order valence-electron chi connectivity index (χ1n) is 28.2. The Hall–Kier alpha value is -9.39. The summed E-state index contributed by atoms with van der Waals surface area (Å²) in [5, 5.41) is 28.2. The van der Waals surface area contributed by atoms with Crippen LogP contribution in [0.3, 0.4) is 0 Å². The third-order valence-corrected chi connectivity index (χ3v) is 18.5. The number of para-hydroxylation sites is 3. The number of rotatable bonds is 8. The Labute approximate surface area is 537 Å². The van der Waals surface area contributed by atoms with Crippen molar-refractivity contribution < 1.29 is 0 Å². The number of anilines is 8. The minimum Gasteiger partial charge on any atom is -0.355 e. The normalized spacial score (nSPS) is 11.1. The summed E-state index contributed by atoms with van der Waals surface area (Å²) < 4.78 is 0.830. The van der Waals surface area contributed by atoms with Crippen LogP contribution in [0.1, 0.15) is 22.3 Å². The Morgan fingerprint density at radius 3 is 1.00 bits per heavy atom. The van der Waals surface area contributed by atoms with Crippen molar-refractivity contribution in [2.75, 3.05) is 15.1 Å². The Bertz CT molecular complexity index is 5010. The predicted molar refractivity (Wildman–Crippen MR) is 392 cm³/mol. The van der Waals surface area contributed by atoms with Gasteiger partial charge in [-0.15, -0.1) is 0 Å². The Morgan fingerprint density at radius 2 is 0.591 bits per heavy atom. The van der Waals surface area contributed by atoms with E-state index in [1.165, 1.54) is 97.0 Å². The Kier molecular flexibility index (Phi) is 16.6. The molecule has 0 bridgehead atoms. The Balaban J connectivity index is 0.000000177. The maximum absolute atomic E-state index is 7.82. The second-order valence-electron chi connectivity index (χ2n) is 21.3. The van der Waals surface area contributed by atoms with E-state index in [0.29, 0.717) is 15.1 Å². The fraction of sp³-hybridized carbons (Fsp3) is 0.0370. The van der Waals surface area contributed by atoms with Gasteiger partial charge in [-0.2, -0.15) is 0 Å². The van der Waals surface area contributed by atoms with Gasteiger partial charge >= 0.3 is 0 Å². The molecule has 88 heavy (non-hydrogen) atoms. The van der Waals surface area contributed by atoms with E-state index in [0.717, 1.165) is 50.0 Å². The lowest BCUT2D eigenvalue weighted by molar-refractivity contribution is 1.26. The van der Waals surface area contributed by atoms with Crippen LogP contribution in [0.2, 0.25) is 15.1 Å². The molecule has 0 unspecified atom stereocenters. The molecule has 17 aromatic carbocycles. The van der Waals surface area contributed by atoms with Crippen molar-refractivity contribution in [1.29, 1.82) is 0 Å². The van der Waals surface area contributed by atoms with Crippen molar-refractivity contribution in [2.45, 2.75) is 22.3 Å². The van der Waals surface area contributed by atoms with Gasteiger partial charge in [-0.3, -0.25) is 0 Å². The highest BCUT2D eigenvalue weighted by molar-refractivity contribution is 9.10. The summed E-state index contributed by atoms with van der Waals surface area (Å²) in [5.74, 6) is 0. The van der Waals surface area contributed by atoms with Crippen molar-refractivity contribution >= 4 is 193 Å². The van der Waals surface area contributed by atoms with Gasteiger partial charge in [-0.1, -0.05) is 269 Å². The van der Waals surface area contributed by atoms with Crippen molar-refractivity contribution in [3.8, 4) is 0 Å². The molecule has 0 spiro atoms. The standard InChI is InChI=1S/C50H31ClN2.C22H15N.C6H3BrCl2.3CH4/c51-50-44(52(38-14-3-1-4-15-38)42-30-26-36-22-20-32-10-7-12-34-24-28-40(42)48(36)46(32)34)18-9-19-45(50)53(39-16-5-2-6-17-39)43-31-27-37-23-21-33-11-8-13-35-25-29-41(43)49(37)47(33)35;1-2-7-18(8-3-1)23-20-14-12-17-10-9-15-5-4-6-16-11-13-19(20)22(17)21(15)16;7-4-2-1-3-5(8)6(4)9;;;/h1-31H;1-14,23H;1-3H;3*1H4. The highest BCUT2D eigenvalue weighted by atomic mass is 79.9. The molecule has 0 aliphatic carbocycles. The van der Waals surface area contributed by atoms with Crippen LogP contribution in [0.4, 0.5) is 45.5 Å². The first-order chi connectivity index (χ1) is 41.8. The molecule has 0 aromatic heterocycles. The number of halogens is 4. The number of nitrogens with one attached hydrogen (secondary N) is 1. The Morgan fingerprint density at radius 1 is 0.261 bits per heavy atom. The van der Waals surface area contributed by atoms with Crippen LogP contribution in [0.25, 0.3) is 97.0 Å². The van der Waals surface area contributed by atoms with Crippen molar-refractivity contribution in [1.82, 2.24) is 0 Å². The van der Waals surface area contributed by atoms with Gasteiger partial charge in [-0.05, 0) is 176 Å². The van der Waals surface area contributed by atoms with E-state index >= 15 is 0 Å². The van der Waals surface area contributed by atoms with Gasteiger partial charge in [0.05, 0.1) is 37.8 Å². The number of nitrogens with zero attached hydrogens (tertiary/aromatic N) is 2. The van der Waals surface area contributed by atoms with E-state index in [4.69, 9.17) is 34.8 Å². The quantitative estimate of drug-likeness (QED) is 0.121. The number of benzene rings is 17. The molecule has 0 heterocycles. The van der Waals surface area contributed by atoms with Gasteiger partial charge in [0.1, 0.15) is 0 Å². The molecule has 0 atom stereocenters. The van der Waals surface area contributed by atoms with Gasteiger partial charge in [0.25, 0.3) is 0 Å². The lowest BCUT2D eigenvalue weighted by Gasteiger charge is -2.32. The molecular formula is C81H61BrCl3N3. The van der Waals surface area contributed by atoms with E-state index in [9.17, 15) is 0 Å². The van der Waals surface area contributed by atoms with E-state index < -0.39 is 0 Å². The van der Waals surface area contributed by atoms with Crippen molar-refractivity contribution in [2.24, 2.45) is 0 Å².